The van der Waals surface area contributed by atoms with Crippen LogP contribution in [0, 0.1) is 0 Å². The molecule has 4 nitrogen and oxygen atoms in total. The lowest BCUT2D eigenvalue weighted by Crippen LogP contribution is -2.17. The summed E-state index contributed by atoms with van der Waals surface area (Å²) in [7, 11) is 1.90. The Bertz CT molecular complexity index is 453. The predicted octanol–water partition coefficient (Wildman–Crippen LogP) is 1.89. The second-order valence-corrected chi connectivity index (χ2v) is 3.94. The molecule has 2 rings (SSSR count). The third kappa shape index (κ3) is 3.07. The van der Waals surface area contributed by atoms with E-state index in [1.807, 2.05) is 43.4 Å². The van der Waals surface area contributed by atoms with Crippen molar-refractivity contribution in [3.63, 3.8) is 0 Å². The van der Waals surface area contributed by atoms with Gasteiger partial charge in [-0.1, -0.05) is 18.2 Å². The van der Waals surface area contributed by atoms with Crippen LogP contribution in [-0.4, -0.2) is 16.4 Å². The van der Waals surface area contributed by atoms with Crippen LogP contribution in [0.2, 0.25) is 0 Å². The molecule has 1 atom stereocenters. The SMILES string of the molecule is Cn1nccc1C(N)CCOc1ccccc1. The van der Waals surface area contributed by atoms with Crippen LogP contribution >= 0.6 is 0 Å². The molecule has 2 aromatic rings. The summed E-state index contributed by atoms with van der Waals surface area (Å²) in [6, 6.07) is 11.7. The molecule has 0 spiro atoms. The minimum Gasteiger partial charge on any atom is -0.494 e. The number of benzene rings is 1. The Morgan fingerprint density at radius 2 is 2.06 bits per heavy atom. The van der Waals surface area contributed by atoms with Gasteiger partial charge in [0.1, 0.15) is 5.75 Å². The first-order valence-electron chi connectivity index (χ1n) is 5.68. The molecule has 1 aromatic carbocycles. The first-order chi connectivity index (χ1) is 8.27. The number of nitrogens with two attached hydrogens (primary N) is 1. The molecule has 0 saturated carbocycles. The third-order valence-electron chi connectivity index (χ3n) is 2.68. The quantitative estimate of drug-likeness (QED) is 0.855. The van der Waals surface area contributed by atoms with E-state index >= 15 is 0 Å². The smallest absolute Gasteiger partial charge is 0.119 e. The zero-order chi connectivity index (χ0) is 12.1. The minimum atomic E-state index is -0.0359. The molecular formula is C13H17N3O. The molecule has 0 saturated heterocycles. The molecule has 0 fully saturated rings. The van der Waals surface area contributed by atoms with E-state index in [1.54, 1.807) is 10.9 Å². The monoisotopic (exact) mass is 231 g/mol. The Kier molecular flexibility index (Phi) is 3.77. The lowest BCUT2D eigenvalue weighted by Gasteiger charge is -2.12. The van der Waals surface area contributed by atoms with Crippen LogP contribution < -0.4 is 10.5 Å². The summed E-state index contributed by atoms with van der Waals surface area (Å²) in [6.45, 7) is 0.608. The highest BCUT2D eigenvalue weighted by atomic mass is 16.5. The fourth-order valence-electron chi connectivity index (χ4n) is 1.72. The molecule has 1 aromatic heterocycles. The third-order valence-corrected chi connectivity index (χ3v) is 2.68. The summed E-state index contributed by atoms with van der Waals surface area (Å²) in [6.07, 6.45) is 2.53. The highest BCUT2D eigenvalue weighted by Gasteiger charge is 2.09. The lowest BCUT2D eigenvalue weighted by molar-refractivity contribution is 0.296. The molecule has 0 aliphatic rings. The van der Waals surface area contributed by atoms with Crippen molar-refractivity contribution in [2.24, 2.45) is 12.8 Å². The Labute approximate surface area is 101 Å². The van der Waals surface area contributed by atoms with E-state index in [0.29, 0.717) is 6.61 Å². The van der Waals surface area contributed by atoms with Crippen molar-refractivity contribution >= 4 is 0 Å². The normalized spacial score (nSPS) is 12.4. The van der Waals surface area contributed by atoms with Crippen molar-refractivity contribution in [2.45, 2.75) is 12.5 Å². The van der Waals surface area contributed by atoms with Gasteiger partial charge in [-0.3, -0.25) is 4.68 Å². The Morgan fingerprint density at radius 3 is 2.71 bits per heavy atom. The largest absolute Gasteiger partial charge is 0.494 e. The second-order valence-electron chi connectivity index (χ2n) is 3.94. The number of para-hydroxylation sites is 1. The summed E-state index contributed by atoms with van der Waals surface area (Å²) in [4.78, 5) is 0. The average Bonchev–Trinajstić information content (AvgIpc) is 2.77. The molecule has 0 bridgehead atoms. The minimum absolute atomic E-state index is 0.0359. The van der Waals surface area contributed by atoms with Crippen LogP contribution in [0.15, 0.2) is 42.6 Å². The van der Waals surface area contributed by atoms with Crippen molar-refractivity contribution in [3.8, 4) is 5.75 Å². The van der Waals surface area contributed by atoms with Crippen molar-refractivity contribution < 1.29 is 4.74 Å². The van der Waals surface area contributed by atoms with Crippen molar-refractivity contribution in [1.29, 1.82) is 0 Å². The molecule has 0 aliphatic heterocycles. The molecule has 90 valence electrons. The van der Waals surface area contributed by atoms with E-state index in [1.165, 1.54) is 0 Å². The van der Waals surface area contributed by atoms with E-state index in [4.69, 9.17) is 10.5 Å². The van der Waals surface area contributed by atoms with Gasteiger partial charge in [0.2, 0.25) is 0 Å². The van der Waals surface area contributed by atoms with E-state index in [0.717, 1.165) is 17.9 Å². The van der Waals surface area contributed by atoms with Gasteiger partial charge in [0.05, 0.1) is 12.3 Å². The van der Waals surface area contributed by atoms with Crippen LogP contribution in [0.4, 0.5) is 0 Å². The van der Waals surface area contributed by atoms with Crippen LogP contribution in [-0.2, 0) is 7.05 Å². The Morgan fingerprint density at radius 1 is 1.29 bits per heavy atom. The van der Waals surface area contributed by atoms with Gasteiger partial charge < -0.3 is 10.5 Å². The molecule has 0 amide bonds. The van der Waals surface area contributed by atoms with E-state index in [-0.39, 0.29) is 6.04 Å². The Hall–Kier alpha value is -1.81. The van der Waals surface area contributed by atoms with Crippen molar-refractivity contribution in [1.82, 2.24) is 9.78 Å². The van der Waals surface area contributed by atoms with Crippen molar-refractivity contribution in [2.75, 3.05) is 6.61 Å². The number of hydrogen-bond donors (Lipinski definition) is 1. The number of aromatic nitrogens is 2. The maximum absolute atomic E-state index is 6.06. The fraction of sp³-hybridized carbons (Fsp3) is 0.308. The molecule has 1 unspecified atom stereocenters. The summed E-state index contributed by atoms with van der Waals surface area (Å²) >= 11 is 0. The standard InChI is InChI=1S/C13H17N3O/c1-16-13(7-9-15-16)12(14)8-10-17-11-5-3-2-4-6-11/h2-7,9,12H,8,10,14H2,1H3. The fourth-order valence-corrected chi connectivity index (χ4v) is 1.72. The van der Waals surface area contributed by atoms with Gasteiger partial charge >= 0.3 is 0 Å². The first kappa shape index (κ1) is 11.7. The molecule has 1 heterocycles. The molecular weight excluding hydrogens is 214 g/mol. The van der Waals surface area contributed by atoms with Crippen molar-refractivity contribution in [3.05, 3.63) is 48.3 Å². The maximum atomic E-state index is 6.06. The van der Waals surface area contributed by atoms with Crippen LogP contribution in [0.1, 0.15) is 18.2 Å². The number of ether oxygens (including phenoxy) is 1. The number of hydrogen-bond acceptors (Lipinski definition) is 3. The summed E-state index contributed by atoms with van der Waals surface area (Å²) in [5.74, 6) is 0.879. The van der Waals surface area contributed by atoms with Crippen LogP contribution in [0.3, 0.4) is 0 Å². The summed E-state index contributed by atoms with van der Waals surface area (Å²) < 4.78 is 7.40. The zero-order valence-electron chi connectivity index (χ0n) is 9.91. The van der Waals surface area contributed by atoms with Gasteiger partial charge in [0, 0.05) is 25.7 Å². The van der Waals surface area contributed by atoms with Gasteiger partial charge in [-0.25, -0.2) is 0 Å². The van der Waals surface area contributed by atoms with E-state index in [9.17, 15) is 0 Å². The molecule has 4 heteroatoms. The summed E-state index contributed by atoms with van der Waals surface area (Å²) in [5.41, 5.74) is 7.09. The molecule has 0 radical (unpaired) electrons. The predicted molar refractivity (Wildman–Crippen MR) is 66.7 cm³/mol. The highest BCUT2D eigenvalue weighted by Crippen LogP contribution is 2.14. The van der Waals surface area contributed by atoms with Gasteiger partial charge in [0.25, 0.3) is 0 Å². The number of aryl methyl sites for hydroxylation is 1. The topological polar surface area (TPSA) is 53.1 Å². The second kappa shape index (κ2) is 5.50. The first-order valence-corrected chi connectivity index (χ1v) is 5.68. The summed E-state index contributed by atoms with van der Waals surface area (Å²) in [5, 5.41) is 4.10. The van der Waals surface area contributed by atoms with Gasteiger partial charge in [-0.2, -0.15) is 5.10 Å². The van der Waals surface area contributed by atoms with E-state index in [2.05, 4.69) is 5.10 Å². The van der Waals surface area contributed by atoms with Gasteiger partial charge in [0.15, 0.2) is 0 Å². The lowest BCUT2D eigenvalue weighted by atomic mass is 10.1. The van der Waals surface area contributed by atoms with E-state index < -0.39 is 0 Å². The zero-order valence-corrected chi connectivity index (χ0v) is 9.91. The molecule has 17 heavy (non-hydrogen) atoms. The van der Waals surface area contributed by atoms with Gasteiger partial charge in [-0.05, 0) is 18.2 Å². The average molecular weight is 231 g/mol. The number of nitrogens with zero attached hydrogens (tertiary/aromatic N) is 2. The molecule has 0 aliphatic carbocycles. The maximum Gasteiger partial charge on any atom is 0.119 e. The highest BCUT2D eigenvalue weighted by molar-refractivity contribution is 5.20. The van der Waals surface area contributed by atoms with Crippen LogP contribution in [0.25, 0.3) is 0 Å². The Balaban J connectivity index is 1.81. The van der Waals surface area contributed by atoms with Gasteiger partial charge in [-0.15, -0.1) is 0 Å². The van der Waals surface area contributed by atoms with Crippen LogP contribution in [0.5, 0.6) is 5.75 Å². The number of rotatable bonds is 5. The molecule has 2 N–H and O–H groups in total.